The lowest BCUT2D eigenvalue weighted by Crippen LogP contribution is -2.51. The van der Waals surface area contributed by atoms with Crippen molar-refractivity contribution in [3.05, 3.63) is 35.9 Å². The first-order valence-corrected chi connectivity index (χ1v) is 9.10. The fraction of sp³-hybridized carbons (Fsp3) is 0.474. The molecule has 28 heavy (non-hydrogen) atoms. The van der Waals surface area contributed by atoms with Crippen LogP contribution in [-0.2, 0) is 25.7 Å². The van der Waals surface area contributed by atoms with Crippen LogP contribution in [0.4, 0.5) is 4.79 Å². The normalized spacial score (nSPS) is 12.4. The number of hydrogen-bond donors (Lipinski definition) is 4. The third-order valence-corrected chi connectivity index (χ3v) is 3.84. The van der Waals surface area contributed by atoms with Crippen LogP contribution in [0.5, 0.6) is 0 Å². The minimum atomic E-state index is -1.12. The Morgan fingerprint density at radius 1 is 1.11 bits per heavy atom. The van der Waals surface area contributed by atoms with Crippen LogP contribution >= 0.6 is 0 Å². The first kappa shape index (κ1) is 22.9. The summed E-state index contributed by atoms with van der Waals surface area (Å²) in [5.74, 6) is -2.33. The van der Waals surface area contributed by atoms with Crippen molar-refractivity contribution in [3.63, 3.8) is 0 Å². The number of benzene rings is 1. The molecule has 0 spiro atoms. The lowest BCUT2D eigenvalue weighted by atomic mass is 10.1. The van der Waals surface area contributed by atoms with Crippen molar-refractivity contribution in [3.8, 4) is 0 Å². The molecule has 0 fully saturated rings. The van der Waals surface area contributed by atoms with Crippen molar-refractivity contribution in [1.82, 2.24) is 16.0 Å². The zero-order valence-electron chi connectivity index (χ0n) is 16.1. The van der Waals surface area contributed by atoms with Crippen molar-refractivity contribution in [2.24, 2.45) is 0 Å². The number of rotatable bonds is 11. The highest BCUT2D eigenvalue weighted by molar-refractivity contribution is 5.91. The summed E-state index contributed by atoms with van der Waals surface area (Å²) in [5.41, 5.74) is 0.809. The highest BCUT2D eigenvalue weighted by Crippen LogP contribution is 2.02. The van der Waals surface area contributed by atoms with E-state index in [1.807, 2.05) is 25.1 Å². The highest BCUT2D eigenvalue weighted by atomic mass is 16.5. The summed E-state index contributed by atoms with van der Waals surface area (Å²) < 4.78 is 4.97. The predicted molar refractivity (Wildman–Crippen MR) is 101 cm³/mol. The molecule has 154 valence electrons. The lowest BCUT2D eigenvalue weighted by Gasteiger charge is -2.18. The van der Waals surface area contributed by atoms with Gasteiger partial charge in [0.15, 0.2) is 0 Å². The van der Waals surface area contributed by atoms with Gasteiger partial charge in [0.05, 0.1) is 0 Å². The van der Waals surface area contributed by atoms with Gasteiger partial charge in [0.2, 0.25) is 11.8 Å². The van der Waals surface area contributed by atoms with Crippen LogP contribution in [0.25, 0.3) is 0 Å². The Hall–Kier alpha value is -3.10. The van der Waals surface area contributed by atoms with Gasteiger partial charge < -0.3 is 25.8 Å². The number of nitrogens with one attached hydrogen (secondary N) is 3. The van der Waals surface area contributed by atoms with E-state index >= 15 is 0 Å². The number of aliphatic carboxylic acids is 1. The van der Waals surface area contributed by atoms with E-state index in [-0.39, 0.29) is 13.2 Å². The second kappa shape index (κ2) is 12.3. The molecule has 1 rings (SSSR count). The number of amides is 3. The average molecular weight is 393 g/mol. The Kier molecular flexibility index (Phi) is 10.1. The summed E-state index contributed by atoms with van der Waals surface area (Å²) in [6.45, 7) is 3.05. The molecule has 0 aromatic heterocycles. The van der Waals surface area contributed by atoms with Gasteiger partial charge in [-0.25, -0.2) is 9.59 Å². The van der Waals surface area contributed by atoms with E-state index in [2.05, 4.69) is 16.0 Å². The van der Waals surface area contributed by atoms with Gasteiger partial charge >= 0.3 is 12.1 Å². The zero-order valence-corrected chi connectivity index (χ0v) is 16.1. The van der Waals surface area contributed by atoms with E-state index in [4.69, 9.17) is 9.84 Å². The van der Waals surface area contributed by atoms with Crippen molar-refractivity contribution < 1.29 is 29.0 Å². The van der Waals surface area contributed by atoms with Crippen LogP contribution in [0.3, 0.4) is 0 Å². The number of carboxylic acids is 1. The van der Waals surface area contributed by atoms with Gasteiger partial charge in [-0.3, -0.25) is 9.59 Å². The van der Waals surface area contributed by atoms with Crippen molar-refractivity contribution >= 4 is 23.9 Å². The topological polar surface area (TPSA) is 134 Å². The zero-order chi connectivity index (χ0) is 20.9. The number of ether oxygens (including phenoxy) is 1. The SMILES string of the molecule is CCCC[C@H](NC(=O)[C@H](C)NC(=O)CNC(=O)OCc1ccccc1)C(=O)O. The van der Waals surface area contributed by atoms with Crippen LogP contribution in [0, 0.1) is 0 Å². The minimum Gasteiger partial charge on any atom is -0.480 e. The molecule has 0 aliphatic carbocycles. The number of carboxylic acid groups (broad SMARTS) is 1. The predicted octanol–water partition coefficient (Wildman–Crippen LogP) is 1.18. The van der Waals surface area contributed by atoms with E-state index in [9.17, 15) is 19.2 Å². The maximum Gasteiger partial charge on any atom is 0.407 e. The van der Waals surface area contributed by atoms with Crippen LogP contribution < -0.4 is 16.0 Å². The lowest BCUT2D eigenvalue weighted by molar-refractivity contribution is -0.142. The van der Waals surface area contributed by atoms with Gasteiger partial charge in [0.25, 0.3) is 0 Å². The number of carbonyl (C=O) groups excluding carboxylic acids is 3. The summed E-state index contributed by atoms with van der Waals surface area (Å²) >= 11 is 0. The fourth-order valence-electron chi connectivity index (χ4n) is 2.25. The molecule has 0 bridgehead atoms. The second-order valence-corrected chi connectivity index (χ2v) is 6.25. The third-order valence-electron chi connectivity index (χ3n) is 3.84. The van der Waals surface area contributed by atoms with Crippen molar-refractivity contribution in [1.29, 1.82) is 0 Å². The summed E-state index contributed by atoms with van der Waals surface area (Å²) in [5, 5.41) is 16.2. The maximum absolute atomic E-state index is 12.1. The molecule has 9 heteroatoms. The second-order valence-electron chi connectivity index (χ2n) is 6.25. The summed E-state index contributed by atoms with van der Waals surface area (Å²) in [7, 11) is 0. The Morgan fingerprint density at radius 2 is 1.79 bits per heavy atom. The average Bonchev–Trinajstić information content (AvgIpc) is 2.68. The standard InChI is InChI=1S/C19H27N3O6/c1-3-4-10-15(18(25)26)22-17(24)13(2)21-16(23)11-20-19(27)28-12-14-8-6-5-7-9-14/h5-9,13,15H,3-4,10-12H2,1-2H3,(H,20,27)(H,21,23)(H,22,24)(H,25,26)/t13-,15-/m0/s1. The molecule has 0 unspecified atom stereocenters. The van der Waals surface area contributed by atoms with Crippen molar-refractivity contribution in [2.45, 2.75) is 51.8 Å². The first-order chi connectivity index (χ1) is 13.3. The number of alkyl carbamates (subject to hydrolysis) is 1. The summed E-state index contributed by atoms with van der Waals surface area (Å²) in [6.07, 6.45) is 1.01. The molecule has 2 atom stereocenters. The van der Waals surface area contributed by atoms with Gasteiger partial charge in [-0.1, -0.05) is 50.1 Å². The minimum absolute atomic E-state index is 0.0709. The molecule has 0 heterocycles. The molecular formula is C19H27N3O6. The quantitative estimate of drug-likeness (QED) is 0.446. The highest BCUT2D eigenvalue weighted by Gasteiger charge is 2.23. The smallest absolute Gasteiger partial charge is 0.407 e. The molecule has 1 aromatic rings. The largest absolute Gasteiger partial charge is 0.480 e. The number of hydrogen-bond acceptors (Lipinski definition) is 5. The van der Waals surface area contributed by atoms with Gasteiger partial charge in [-0.2, -0.15) is 0 Å². The monoisotopic (exact) mass is 393 g/mol. The molecular weight excluding hydrogens is 366 g/mol. The summed E-state index contributed by atoms with van der Waals surface area (Å²) in [4.78, 5) is 46.7. The van der Waals surface area contributed by atoms with Gasteiger partial charge in [-0.05, 0) is 18.9 Å². The third kappa shape index (κ3) is 9.02. The Morgan fingerprint density at radius 3 is 2.39 bits per heavy atom. The molecule has 0 radical (unpaired) electrons. The van der Waals surface area contributed by atoms with E-state index in [1.54, 1.807) is 12.1 Å². The van der Waals surface area contributed by atoms with E-state index in [0.717, 1.165) is 12.0 Å². The first-order valence-electron chi connectivity index (χ1n) is 9.10. The number of unbranched alkanes of at least 4 members (excludes halogenated alkanes) is 1. The Balaban J connectivity index is 2.33. The number of carbonyl (C=O) groups is 4. The molecule has 0 saturated carbocycles. The van der Waals surface area contributed by atoms with Crippen LogP contribution in [0.2, 0.25) is 0 Å². The summed E-state index contributed by atoms with van der Waals surface area (Å²) in [6, 6.07) is 7.11. The van der Waals surface area contributed by atoms with Crippen molar-refractivity contribution in [2.75, 3.05) is 6.54 Å². The molecule has 0 saturated heterocycles. The molecule has 0 aliphatic rings. The van der Waals surface area contributed by atoms with E-state index in [1.165, 1.54) is 6.92 Å². The van der Waals surface area contributed by atoms with Crippen LogP contribution in [-0.4, -0.2) is 47.6 Å². The Bertz CT molecular complexity index is 665. The molecule has 1 aromatic carbocycles. The molecule has 0 aliphatic heterocycles. The van der Waals surface area contributed by atoms with Crippen LogP contribution in [0.15, 0.2) is 30.3 Å². The van der Waals surface area contributed by atoms with E-state index in [0.29, 0.717) is 12.8 Å². The van der Waals surface area contributed by atoms with Gasteiger partial charge in [-0.15, -0.1) is 0 Å². The molecule has 3 amide bonds. The molecule has 9 nitrogen and oxygen atoms in total. The van der Waals surface area contributed by atoms with Gasteiger partial charge in [0, 0.05) is 0 Å². The fourth-order valence-corrected chi connectivity index (χ4v) is 2.25. The molecule has 4 N–H and O–H groups in total. The maximum atomic E-state index is 12.1. The van der Waals surface area contributed by atoms with Crippen LogP contribution in [0.1, 0.15) is 38.7 Å². The van der Waals surface area contributed by atoms with E-state index < -0.39 is 36.0 Å². The van der Waals surface area contributed by atoms with Gasteiger partial charge in [0.1, 0.15) is 25.2 Å². The Labute approximate surface area is 163 Å².